The number of hydrogen-bond donors (Lipinski definition) is 3. The topological polar surface area (TPSA) is 125 Å². The van der Waals surface area contributed by atoms with Gasteiger partial charge in [0, 0.05) is 26.2 Å². The summed E-state index contributed by atoms with van der Waals surface area (Å²) in [6.45, 7) is 1.37. The smallest absolute Gasteiger partial charge is 0.325 e. The average Bonchev–Trinajstić information content (AvgIpc) is 3.20. The molecule has 1 saturated carbocycles. The van der Waals surface area contributed by atoms with E-state index in [1.54, 1.807) is 4.90 Å². The van der Waals surface area contributed by atoms with Gasteiger partial charge in [0.1, 0.15) is 12.1 Å². The molecular formula is C17H27N5O4. The molecule has 0 aromatic carbocycles. The maximum absolute atomic E-state index is 12.6. The summed E-state index contributed by atoms with van der Waals surface area (Å²) in [5.41, 5.74) is 4.59. The summed E-state index contributed by atoms with van der Waals surface area (Å²) >= 11 is 0. The molecule has 4 N–H and O–H groups in total. The summed E-state index contributed by atoms with van der Waals surface area (Å²) in [7, 11) is 0. The predicted octanol–water partition coefficient (Wildman–Crippen LogP) is -0.835. The minimum Gasteiger partial charge on any atom is -0.355 e. The summed E-state index contributed by atoms with van der Waals surface area (Å²) in [5.74, 6) is -0.959. The average molecular weight is 365 g/mol. The Hall–Kier alpha value is -2.16. The van der Waals surface area contributed by atoms with Gasteiger partial charge >= 0.3 is 6.03 Å². The Bertz CT molecular complexity index is 602. The van der Waals surface area contributed by atoms with Crippen LogP contribution in [0.3, 0.4) is 0 Å². The van der Waals surface area contributed by atoms with Crippen LogP contribution in [0.25, 0.3) is 0 Å². The first kappa shape index (κ1) is 18.6. The number of hydrogen-bond acceptors (Lipinski definition) is 5. The van der Waals surface area contributed by atoms with Gasteiger partial charge in [0.05, 0.1) is 5.92 Å². The standard InChI is InChI=1S/C17H27N5O4/c18-7-8-19-14(24)12-4-3-9-21(10-12)13(23)11-22-15(25)17(20-16(22)26)5-1-2-6-17/h12H,1-11,18H2,(H,19,24)(H,20,26). The van der Waals surface area contributed by atoms with E-state index in [4.69, 9.17) is 5.73 Å². The number of nitrogens with two attached hydrogens (primary N) is 1. The Balaban J connectivity index is 1.58. The molecule has 0 bridgehead atoms. The lowest BCUT2D eigenvalue weighted by atomic mass is 9.96. The molecule has 3 aliphatic rings. The van der Waals surface area contributed by atoms with E-state index in [0.29, 0.717) is 45.4 Å². The van der Waals surface area contributed by atoms with Crippen molar-refractivity contribution in [1.82, 2.24) is 20.4 Å². The van der Waals surface area contributed by atoms with Crippen molar-refractivity contribution >= 4 is 23.8 Å². The second-order valence-corrected chi connectivity index (χ2v) is 7.37. The zero-order valence-electron chi connectivity index (χ0n) is 15.0. The molecule has 2 aliphatic heterocycles. The number of piperidine rings is 1. The summed E-state index contributed by atoms with van der Waals surface area (Å²) in [6.07, 6.45) is 4.51. The third kappa shape index (κ3) is 3.53. The fourth-order valence-corrected chi connectivity index (χ4v) is 4.13. The molecule has 1 spiro atoms. The van der Waals surface area contributed by atoms with Crippen molar-refractivity contribution in [2.75, 3.05) is 32.7 Å². The van der Waals surface area contributed by atoms with Crippen LogP contribution in [-0.2, 0) is 14.4 Å². The maximum Gasteiger partial charge on any atom is 0.325 e. The number of nitrogens with zero attached hydrogens (tertiary/aromatic N) is 2. The zero-order chi connectivity index (χ0) is 18.7. The molecule has 0 aromatic rings. The van der Waals surface area contributed by atoms with Gasteiger partial charge in [0.15, 0.2) is 0 Å². The van der Waals surface area contributed by atoms with E-state index in [9.17, 15) is 19.2 Å². The second-order valence-electron chi connectivity index (χ2n) is 7.37. The van der Waals surface area contributed by atoms with Gasteiger partial charge in [-0.15, -0.1) is 0 Å². The van der Waals surface area contributed by atoms with Crippen LogP contribution in [-0.4, -0.2) is 71.8 Å². The van der Waals surface area contributed by atoms with Gasteiger partial charge in [-0.05, 0) is 25.7 Å². The molecule has 26 heavy (non-hydrogen) atoms. The predicted molar refractivity (Wildman–Crippen MR) is 92.8 cm³/mol. The number of nitrogens with one attached hydrogen (secondary N) is 2. The van der Waals surface area contributed by atoms with E-state index in [1.165, 1.54) is 0 Å². The Kier molecular flexibility index (Phi) is 5.45. The van der Waals surface area contributed by atoms with E-state index in [-0.39, 0.29) is 30.2 Å². The van der Waals surface area contributed by atoms with Crippen LogP contribution in [0.1, 0.15) is 38.5 Å². The molecule has 9 heteroatoms. The number of rotatable bonds is 5. The molecule has 3 fully saturated rings. The fraction of sp³-hybridized carbons (Fsp3) is 0.765. The van der Waals surface area contributed by atoms with E-state index >= 15 is 0 Å². The SMILES string of the molecule is NCCNC(=O)C1CCCN(C(=O)CN2C(=O)NC3(CCCC3)C2=O)C1. The molecule has 2 saturated heterocycles. The van der Waals surface area contributed by atoms with Gasteiger partial charge in [-0.1, -0.05) is 12.8 Å². The molecule has 2 heterocycles. The number of likely N-dealkylation sites (tertiary alicyclic amines) is 1. The largest absolute Gasteiger partial charge is 0.355 e. The first-order valence-electron chi connectivity index (χ1n) is 9.36. The highest BCUT2D eigenvalue weighted by molar-refractivity contribution is 6.09. The monoisotopic (exact) mass is 365 g/mol. The number of amides is 5. The van der Waals surface area contributed by atoms with Crippen LogP contribution in [0.15, 0.2) is 0 Å². The van der Waals surface area contributed by atoms with Crippen LogP contribution in [0.5, 0.6) is 0 Å². The quantitative estimate of drug-likeness (QED) is 0.548. The number of imide groups is 1. The van der Waals surface area contributed by atoms with Gasteiger partial charge < -0.3 is 21.3 Å². The fourth-order valence-electron chi connectivity index (χ4n) is 4.13. The van der Waals surface area contributed by atoms with Crippen molar-refractivity contribution < 1.29 is 19.2 Å². The second kappa shape index (κ2) is 7.61. The van der Waals surface area contributed by atoms with Crippen LogP contribution >= 0.6 is 0 Å². The molecule has 144 valence electrons. The normalized spacial score (nSPS) is 24.9. The Morgan fingerprint density at radius 2 is 1.96 bits per heavy atom. The lowest BCUT2D eigenvalue weighted by molar-refractivity contribution is -0.141. The van der Waals surface area contributed by atoms with Crippen molar-refractivity contribution in [3.63, 3.8) is 0 Å². The Morgan fingerprint density at radius 1 is 1.23 bits per heavy atom. The van der Waals surface area contributed by atoms with Crippen molar-refractivity contribution in [2.45, 2.75) is 44.1 Å². The molecule has 0 radical (unpaired) electrons. The highest BCUT2D eigenvalue weighted by Gasteiger charge is 2.52. The Labute approximate surface area is 152 Å². The van der Waals surface area contributed by atoms with Gasteiger partial charge in [0.2, 0.25) is 11.8 Å². The minimum absolute atomic E-state index is 0.104. The molecule has 9 nitrogen and oxygen atoms in total. The first-order chi connectivity index (χ1) is 12.5. The molecule has 1 atom stereocenters. The lowest BCUT2D eigenvalue weighted by Gasteiger charge is -2.32. The maximum atomic E-state index is 12.6. The van der Waals surface area contributed by atoms with Gasteiger partial charge in [-0.3, -0.25) is 19.3 Å². The van der Waals surface area contributed by atoms with E-state index < -0.39 is 11.6 Å². The highest BCUT2D eigenvalue weighted by Crippen LogP contribution is 2.35. The Morgan fingerprint density at radius 3 is 2.65 bits per heavy atom. The van der Waals surface area contributed by atoms with E-state index in [0.717, 1.165) is 24.2 Å². The molecule has 5 amide bonds. The van der Waals surface area contributed by atoms with Gasteiger partial charge in [-0.25, -0.2) is 4.79 Å². The zero-order valence-corrected chi connectivity index (χ0v) is 15.0. The third-order valence-electron chi connectivity index (χ3n) is 5.58. The van der Waals surface area contributed by atoms with Crippen molar-refractivity contribution in [3.05, 3.63) is 0 Å². The summed E-state index contributed by atoms with van der Waals surface area (Å²) in [5, 5.41) is 5.53. The van der Waals surface area contributed by atoms with Crippen LogP contribution in [0.4, 0.5) is 4.79 Å². The summed E-state index contributed by atoms with van der Waals surface area (Å²) in [4.78, 5) is 52.2. The summed E-state index contributed by atoms with van der Waals surface area (Å²) in [6, 6.07) is -0.487. The number of urea groups is 1. The van der Waals surface area contributed by atoms with E-state index in [2.05, 4.69) is 10.6 Å². The van der Waals surface area contributed by atoms with Gasteiger partial charge in [-0.2, -0.15) is 0 Å². The molecule has 0 aromatic heterocycles. The van der Waals surface area contributed by atoms with Gasteiger partial charge in [0.25, 0.3) is 5.91 Å². The molecule has 1 unspecified atom stereocenters. The lowest BCUT2D eigenvalue weighted by Crippen LogP contribution is -2.50. The summed E-state index contributed by atoms with van der Waals surface area (Å²) < 4.78 is 0. The van der Waals surface area contributed by atoms with Crippen molar-refractivity contribution in [1.29, 1.82) is 0 Å². The molecular weight excluding hydrogens is 338 g/mol. The highest BCUT2D eigenvalue weighted by atomic mass is 16.2. The first-order valence-corrected chi connectivity index (χ1v) is 9.36. The van der Waals surface area contributed by atoms with Crippen LogP contribution < -0.4 is 16.4 Å². The molecule has 3 rings (SSSR count). The van der Waals surface area contributed by atoms with Crippen LogP contribution in [0.2, 0.25) is 0 Å². The van der Waals surface area contributed by atoms with E-state index in [1.807, 2.05) is 0 Å². The number of carbonyl (C=O) groups excluding carboxylic acids is 4. The van der Waals surface area contributed by atoms with Crippen LogP contribution in [0, 0.1) is 5.92 Å². The number of carbonyl (C=O) groups is 4. The minimum atomic E-state index is -0.802. The third-order valence-corrected chi connectivity index (χ3v) is 5.58. The van der Waals surface area contributed by atoms with Crippen molar-refractivity contribution in [3.8, 4) is 0 Å². The molecule has 1 aliphatic carbocycles. The van der Waals surface area contributed by atoms with Crippen molar-refractivity contribution in [2.24, 2.45) is 11.7 Å².